The zero-order chi connectivity index (χ0) is 17.3. The van der Waals surface area contributed by atoms with Gasteiger partial charge in [0.05, 0.1) is 23.6 Å². The molecule has 5 nitrogen and oxygen atoms in total. The van der Waals surface area contributed by atoms with Crippen molar-refractivity contribution in [3.63, 3.8) is 0 Å². The Kier molecular flexibility index (Phi) is 4.57. The Morgan fingerprint density at radius 1 is 1.25 bits per heavy atom. The maximum Gasteiger partial charge on any atom is 0.291 e. The van der Waals surface area contributed by atoms with Crippen molar-refractivity contribution in [2.75, 3.05) is 5.32 Å². The van der Waals surface area contributed by atoms with E-state index in [4.69, 9.17) is 4.42 Å². The summed E-state index contributed by atoms with van der Waals surface area (Å²) in [4.78, 5) is 12.3. The van der Waals surface area contributed by atoms with E-state index in [-0.39, 0.29) is 11.7 Å². The minimum absolute atomic E-state index is 0.257. The zero-order valence-electron chi connectivity index (χ0n) is 13.8. The third-order valence-electron chi connectivity index (χ3n) is 3.83. The third-order valence-corrected chi connectivity index (χ3v) is 4.26. The average Bonchev–Trinajstić information content (AvgIpc) is 3.07. The van der Waals surface area contributed by atoms with Crippen LogP contribution in [-0.4, -0.2) is 15.7 Å². The second-order valence-corrected chi connectivity index (χ2v) is 6.53. The molecule has 0 atom stereocenters. The summed E-state index contributed by atoms with van der Waals surface area (Å²) in [5.74, 6) is -0.0332. The highest BCUT2D eigenvalue weighted by Gasteiger charge is 2.17. The van der Waals surface area contributed by atoms with Crippen molar-refractivity contribution in [3.05, 3.63) is 69.3 Å². The molecule has 6 heteroatoms. The van der Waals surface area contributed by atoms with Crippen LogP contribution in [0.4, 0.5) is 5.69 Å². The van der Waals surface area contributed by atoms with Gasteiger partial charge in [0.25, 0.3) is 5.91 Å². The Morgan fingerprint density at radius 2 is 2.04 bits per heavy atom. The number of hydrogen-bond acceptors (Lipinski definition) is 3. The lowest BCUT2D eigenvalue weighted by Crippen LogP contribution is -2.12. The number of nitrogens with zero attached hydrogens (tertiary/aromatic N) is 2. The Balaban J connectivity index is 1.82. The second kappa shape index (κ2) is 6.65. The molecule has 0 aliphatic carbocycles. The van der Waals surface area contributed by atoms with Gasteiger partial charge in [-0.2, -0.15) is 5.10 Å². The van der Waals surface area contributed by atoms with Gasteiger partial charge in [0.1, 0.15) is 0 Å². The fourth-order valence-electron chi connectivity index (χ4n) is 2.63. The first-order chi connectivity index (χ1) is 11.4. The minimum atomic E-state index is -0.290. The molecule has 0 fully saturated rings. The first-order valence-electron chi connectivity index (χ1n) is 7.60. The quantitative estimate of drug-likeness (QED) is 0.718. The van der Waals surface area contributed by atoms with Crippen LogP contribution in [0.3, 0.4) is 0 Å². The van der Waals surface area contributed by atoms with Crippen molar-refractivity contribution in [3.8, 4) is 0 Å². The van der Waals surface area contributed by atoms with Gasteiger partial charge in [-0.25, -0.2) is 0 Å². The van der Waals surface area contributed by atoms with Gasteiger partial charge in [0.15, 0.2) is 10.4 Å². The number of amides is 1. The van der Waals surface area contributed by atoms with Gasteiger partial charge in [-0.1, -0.05) is 29.8 Å². The van der Waals surface area contributed by atoms with E-state index in [9.17, 15) is 4.79 Å². The maximum absolute atomic E-state index is 12.3. The summed E-state index contributed by atoms with van der Waals surface area (Å²) in [6.07, 6.45) is 0. The van der Waals surface area contributed by atoms with Gasteiger partial charge in [0.2, 0.25) is 0 Å². The van der Waals surface area contributed by atoms with Crippen molar-refractivity contribution >= 4 is 27.5 Å². The lowest BCUT2D eigenvalue weighted by Gasteiger charge is -2.07. The highest BCUT2D eigenvalue weighted by atomic mass is 79.9. The van der Waals surface area contributed by atoms with E-state index in [2.05, 4.69) is 51.5 Å². The average molecular weight is 388 g/mol. The van der Waals surface area contributed by atoms with E-state index in [0.717, 1.165) is 17.1 Å². The maximum atomic E-state index is 12.3. The summed E-state index contributed by atoms with van der Waals surface area (Å²) in [5.41, 5.74) is 4.80. The predicted octanol–water partition coefficient (Wildman–Crippen LogP) is 4.46. The van der Waals surface area contributed by atoms with Gasteiger partial charge in [-0.3, -0.25) is 9.48 Å². The van der Waals surface area contributed by atoms with Crippen LogP contribution in [0.1, 0.15) is 33.1 Å². The molecule has 0 radical (unpaired) electrons. The van der Waals surface area contributed by atoms with Gasteiger partial charge in [-0.15, -0.1) is 0 Å². The molecule has 0 spiro atoms. The van der Waals surface area contributed by atoms with E-state index < -0.39 is 0 Å². The number of rotatable bonds is 4. The molecule has 0 saturated heterocycles. The van der Waals surface area contributed by atoms with Crippen LogP contribution in [-0.2, 0) is 6.54 Å². The van der Waals surface area contributed by atoms with E-state index in [1.807, 2.05) is 24.6 Å². The molecule has 124 valence electrons. The van der Waals surface area contributed by atoms with Crippen LogP contribution >= 0.6 is 15.9 Å². The lowest BCUT2D eigenvalue weighted by atomic mass is 10.1. The van der Waals surface area contributed by atoms with Crippen LogP contribution in [0, 0.1) is 20.8 Å². The van der Waals surface area contributed by atoms with E-state index in [0.29, 0.717) is 11.2 Å². The number of furan rings is 1. The number of anilines is 1. The lowest BCUT2D eigenvalue weighted by molar-refractivity contribution is 0.0995. The second-order valence-electron chi connectivity index (χ2n) is 5.75. The van der Waals surface area contributed by atoms with Crippen molar-refractivity contribution < 1.29 is 9.21 Å². The van der Waals surface area contributed by atoms with Gasteiger partial charge in [0, 0.05) is 0 Å². The first-order valence-corrected chi connectivity index (χ1v) is 8.39. The summed E-state index contributed by atoms with van der Waals surface area (Å²) in [6.45, 7) is 6.56. The number of benzene rings is 1. The largest absolute Gasteiger partial charge is 0.444 e. The molecule has 0 aliphatic rings. The number of carbonyl (C=O) groups excluding carboxylic acids is 1. The summed E-state index contributed by atoms with van der Waals surface area (Å²) < 4.78 is 7.72. The molecule has 3 rings (SSSR count). The van der Waals surface area contributed by atoms with Gasteiger partial charge < -0.3 is 9.73 Å². The van der Waals surface area contributed by atoms with E-state index >= 15 is 0 Å². The van der Waals surface area contributed by atoms with Crippen LogP contribution in [0.15, 0.2) is 45.5 Å². The van der Waals surface area contributed by atoms with Crippen molar-refractivity contribution in [1.82, 2.24) is 9.78 Å². The van der Waals surface area contributed by atoms with E-state index in [1.165, 1.54) is 11.1 Å². The normalized spacial score (nSPS) is 10.8. The SMILES string of the molecule is Cc1cccc(Cn2nc(C)c(NC(=O)c3ccc(Br)o3)c2C)c1. The molecular weight excluding hydrogens is 370 g/mol. The predicted molar refractivity (Wildman–Crippen MR) is 96.3 cm³/mol. The molecule has 0 saturated carbocycles. The fourth-order valence-corrected chi connectivity index (χ4v) is 2.93. The summed E-state index contributed by atoms with van der Waals surface area (Å²) >= 11 is 3.20. The van der Waals surface area contributed by atoms with Crippen LogP contribution < -0.4 is 5.32 Å². The monoisotopic (exact) mass is 387 g/mol. The Hall–Kier alpha value is -2.34. The van der Waals surface area contributed by atoms with Gasteiger partial charge >= 0.3 is 0 Å². The molecule has 1 N–H and O–H groups in total. The number of halogens is 1. The van der Waals surface area contributed by atoms with Crippen LogP contribution in [0.2, 0.25) is 0 Å². The molecule has 1 aromatic carbocycles. The smallest absolute Gasteiger partial charge is 0.291 e. The molecule has 24 heavy (non-hydrogen) atoms. The van der Waals surface area contributed by atoms with Crippen LogP contribution in [0.5, 0.6) is 0 Å². The number of carbonyl (C=O) groups is 1. The minimum Gasteiger partial charge on any atom is -0.444 e. The molecule has 2 aromatic heterocycles. The topological polar surface area (TPSA) is 60.1 Å². The highest BCUT2D eigenvalue weighted by Crippen LogP contribution is 2.22. The Labute approximate surface area is 148 Å². The third kappa shape index (κ3) is 3.43. The Morgan fingerprint density at radius 3 is 2.71 bits per heavy atom. The van der Waals surface area contributed by atoms with Crippen molar-refractivity contribution in [1.29, 1.82) is 0 Å². The zero-order valence-corrected chi connectivity index (χ0v) is 15.3. The number of hydrogen-bond donors (Lipinski definition) is 1. The molecule has 0 bridgehead atoms. The fraction of sp³-hybridized carbons (Fsp3) is 0.222. The summed E-state index contributed by atoms with van der Waals surface area (Å²) in [6, 6.07) is 11.6. The summed E-state index contributed by atoms with van der Waals surface area (Å²) in [5, 5.41) is 7.44. The van der Waals surface area contributed by atoms with Crippen molar-refractivity contribution in [2.45, 2.75) is 27.3 Å². The molecule has 0 aliphatic heterocycles. The standard InChI is InChI=1S/C18H18BrN3O2/c1-11-5-4-6-14(9-11)10-22-13(3)17(12(2)21-22)20-18(23)15-7-8-16(19)24-15/h4-9H,10H2,1-3H3,(H,20,23). The molecular formula is C18H18BrN3O2. The highest BCUT2D eigenvalue weighted by molar-refractivity contribution is 9.10. The van der Waals surface area contributed by atoms with E-state index in [1.54, 1.807) is 12.1 Å². The Bertz CT molecular complexity index is 896. The molecule has 0 unspecified atom stereocenters. The number of aryl methyl sites for hydroxylation is 2. The summed E-state index contributed by atoms with van der Waals surface area (Å²) in [7, 11) is 0. The molecule has 2 heterocycles. The van der Waals surface area contributed by atoms with Crippen LogP contribution in [0.25, 0.3) is 0 Å². The first kappa shape index (κ1) is 16.5. The number of nitrogens with one attached hydrogen (secondary N) is 1. The number of aromatic nitrogens is 2. The molecule has 3 aromatic rings. The van der Waals surface area contributed by atoms with Gasteiger partial charge in [-0.05, 0) is 54.4 Å². The van der Waals surface area contributed by atoms with Crippen molar-refractivity contribution in [2.24, 2.45) is 0 Å². The molecule has 1 amide bonds.